The first kappa shape index (κ1) is 12.9. The molecule has 0 aliphatic rings. The molecule has 0 aromatic carbocycles. The van der Waals surface area contributed by atoms with Crippen molar-refractivity contribution in [1.29, 1.82) is 0 Å². The van der Waals surface area contributed by atoms with Crippen molar-refractivity contribution in [3.8, 4) is 0 Å². The fourth-order valence-electron chi connectivity index (χ4n) is 1.26. The van der Waals surface area contributed by atoms with Gasteiger partial charge in [-0.05, 0) is 24.3 Å². The summed E-state index contributed by atoms with van der Waals surface area (Å²) in [7, 11) is 0. The molecule has 0 aliphatic heterocycles. The minimum absolute atomic E-state index is 0.224. The number of carboxylic acid groups (broad SMARTS) is 1. The van der Waals surface area contributed by atoms with Gasteiger partial charge in [0.15, 0.2) is 0 Å². The molecular weight excluding hydrogens is 266 g/mol. The minimum atomic E-state index is -0.981. The summed E-state index contributed by atoms with van der Waals surface area (Å²) in [6.45, 7) is 0. The average Bonchev–Trinajstić information content (AvgIpc) is 2.89. The van der Waals surface area contributed by atoms with E-state index in [4.69, 9.17) is 5.11 Å². The van der Waals surface area contributed by atoms with Gasteiger partial charge in [0.1, 0.15) is 4.88 Å². The Bertz CT molecular complexity index is 622. The number of carboxylic acids is 1. The molecule has 2 heterocycles. The van der Waals surface area contributed by atoms with Crippen LogP contribution in [0.5, 0.6) is 0 Å². The molecule has 2 rings (SSSR count). The van der Waals surface area contributed by atoms with E-state index in [1.54, 1.807) is 18.2 Å². The number of carbonyl (C=O) groups excluding carboxylic acids is 1. The first-order chi connectivity index (χ1) is 9.16. The minimum Gasteiger partial charge on any atom is -0.477 e. The molecule has 2 aromatic rings. The highest BCUT2D eigenvalue weighted by molar-refractivity contribution is 7.15. The zero-order valence-electron chi connectivity index (χ0n) is 9.61. The van der Waals surface area contributed by atoms with Crippen LogP contribution in [0.25, 0.3) is 0 Å². The van der Waals surface area contributed by atoms with Gasteiger partial charge in [0, 0.05) is 22.8 Å². The summed E-state index contributed by atoms with van der Waals surface area (Å²) in [6, 6.07) is 6.24. The van der Waals surface area contributed by atoms with Gasteiger partial charge in [-0.25, -0.2) is 10.2 Å². The molecule has 0 spiro atoms. The molecule has 2 N–H and O–H groups in total. The topological polar surface area (TPSA) is 91.7 Å². The molecule has 96 valence electrons. The van der Waals surface area contributed by atoms with E-state index >= 15 is 0 Å². The second-order valence-electron chi connectivity index (χ2n) is 3.44. The number of nitrogens with one attached hydrogen (secondary N) is 1. The van der Waals surface area contributed by atoms with E-state index in [0.717, 1.165) is 11.3 Å². The number of aromatic nitrogens is 1. The number of hydrogen-bond acceptors (Lipinski definition) is 5. The van der Waals surface area contributed by atoms with Crippen molar-refractivity contribution in [2.75, 3.05) is 0 Å². The van der Waals surface area contributed by atoms with Crippen molar-refractivity contribution in [2.24, 2.45) is 5.10 Å². The standard InChI is InChI=1S/C12H9N3O3S/c16-11(8-3-5-13-6-4-8)15-14-7-9-1-2-10(19-9)12(17)18/h1-7H,(H,15,16)(H,17,18)/b14-7+. The average molecular weight is 275 g/mol. The predicted molar refractivity (Wildman–Crippen MR) is 70.6 cm³/mol. The number of amides is 1. The summed E-state index contributed by atoms with van der Waals surface area (Å²) >= 11 is 1.08. The monoisotopic (exact) mass is 275 g/mol. The smallest absolute Gasteiger partial charge is 0.345 e. The van der Waals surface area contributed by atoms with Gasteiger partial charge in [-0.15, -0.1) is 11.3 Å². The van der Waals surface area contributed by atoms with Crippen molar-refractivity contribution in [3.63, 3.8) is 0 Å². The highest BCUT2D eigenvalue weighted by Crippen LogP contribution is 2.14. The van der Waals surface area contributed by atoms with Gasteiger partial charge in [-0.3, -0.25) is 9.78 Å². The molecular formula is C12H9N3O3S. The lowest BCUT2D eigenvalue weighted by atomic mass is 10.3. The molecule has 0 aliphatic carbocycles. The summed E-state index contributed by atoms with van der Waals surface area (Å²) in [5, 5.41) is 12.5. The summed E-state index contributed by atoms with van der Waals surface area (Å²) in [4.78, 5) is 26.9. The Hall–Kier alpha value is -2.54. The molecule has 0 atom stereocenters. The van der Waals surface area contributed by atoms with E-state index < -0.39 is 5.97 Å². The van der Waals surface area contributed by atoms with Crippen LogP contribution in [-0.2, 0) is 0 Å². The van der Waals surface area contributed by atoms with Crippen molar-refractivity contribution >= 4 is 29.4 Å². The predicted octanol–water partition coefficient (Wildman–Crippen LogP) is 1.61. The van der Waals surface area contributed by atoms with Crippen molar-refractivity contribution in [1.82, 2.24) is 10.4 Å². The maximum Gasteiger partial charge on any atom is 0.345 e. The molecule has 2 aromatic heterocycles. The van der Waals surface area contributed by atoms with Crippen molar-refractivity contribution in [2.45, 2.75) is 0 Å². The van der Waals surface area contributed by atoms with Crippen LogP contribution in [0.3, 0.4) is 0 Å². The van der Waals surface area contributed by atoms with Crippen LogP contribution in [0.2, 0.25) is 0 Å². The first-order valence-electron chi connectivity index (χ1n) is 5.23. The third-order valence-corrected chi connectivity index (χ3v) is 3.15. The van der Waals surface area contributed by atoms with Crippen LogP contribution in [0, 0.1) is 0 Å². The molecule has 0 saturated carbocycles. The van der Waals surface area contributed by atoms with Gasteiger partial charge in [0.2, 0.25) is 0 Å². The Morgan fingerprint density at radius 1 is 1.26 bits per heavy atom. The molecule has 0 radical (unpaired) electrons. The highest BCUT2D eigenvalue weighted by atomic mass is 32.1. The lowest BCUT2D eigenvalue weighted by Crippen LogP contribution is -2.17. The quantitative estimate of drug-likeness (QED) is 0.655. The van der Waals surface area contributed by atoms with Gasteiger partial charge < -0.3 is 5.11 Å². The second kappa shape index (κ2) is 5.87. The number of aromatic carboxylic acids is 1. The Kier molecular flexibility index (Phi) is 3.99. The number of hydrogen-bond donors (Lipinski definition) is 2. The SMILES string of the molecule is O=C(N/N=C/c1ccc(C(=O)O)s1)c1ccncc1. The van der Waals surface area contributed by atoms with Crippen molar-refractivity contribution < 1.29 is 14.7 Å². The molecule has 1 amide bonds. The van der Waals surface area contributed by atoms with Crippen LogP contribution < -0.4 is 5.43 Å². The number of nitrogens with zero attached hydrogens (tertiary/aromatic N) is 2. The van der Waals surface area contributed by atoms with Crippen LogP contribution in [0.1, 0.15) is 24.9 Å². The normalized spacial score (nSPS) is 10.5. The third-order valence-electron chi connectivity index (χ3n) is 2.14. The maximum atomic E-state index is 11.6. The fourth-order valence-corrected chi connectivity index (χ4v) is 1.98. The van der Waals surface area contributed by atoms with Crippen molar-refractivity contribution in [3.05, 3.63) is 52.0 Å². The van der Waals surface area contributed by atoms with Crippen LogP contribution >= 0.6 is 11.3 Å². The van der Waals surface area contributed by atoms with Crippen LogP contribution in [0.4, 0.5) is 0 Å². The summed E-state index contributed by atoms with van der Waals surface area (Å²) in [5.41, 5.74) is 2.80. The summed E-state index contributed by atoms with van der Waals surface area (Å²) in [5.74, 6) is -1.33. The van der Waals surface area contributed by atoms with Crippen LogP contribution in [-0.4, -0.2) is 28.2 Å². The Labute approximate surface area is 112 Å². The van der Waals surface area contributed by atoms with E-state index in [1.165, 1.54) is 24.7 Å². The summed E-state index contributed by atoms with van der Waals surface area (Å²) < 4.78 is 0. The Morgan fingerprint density at radius 3 is 2.63 bits per heavy atom. The number of thiophene rings is 1. The van der Waals surface area contributed by atoms with Gasteiger partial charge in [-0.1, -0.05) is 0 Å². The van der Waals surface area contributed by atoms with Gasteiger partial charge in [0.25, 0.3) is 5.91 Å². The number of pyridine rings is 1. The molecule has 0 unspecified atom stereocenters. The number of hydrazone groups is 1. The molecule has 0 saturated heterocycles. The fraction of sp³-hybridized carbons (Fsp3) is 0. The van der Waals surface area contributed by atoms with E-state index in [2.05, 4.69) is 15.5 Å². The van der Waals surface area contributed by atoms with E-state index in [9.17, 15) is 9.59 Å². The van der Waals surface area contributed by atoms with Gasteiger partial charge in [-0.2, -0.15) is 5.10 Å². The molecule has 0 fully saturated rings. The molecule has 6 nitrogen and oxygen atoms in total. The largest absolute Gasteiger partial charge is 0.477 e. The van der Waals surface area contributed by atoms with E-state index in [0.29, 0.717) is 10.4 Å². The molecule has 0 bridgehead atoms. The summed E-state index contributed by atoms with van der Waals surface area (Å²) in [6.07, 6.45) is 4.42. The molecule has 19 heavy (non-hydrogen) atoms. The first-order valence-corrected chi connectivity index (χ1v) is 6.05. The Balaban J connectivity index is 1.96. The second-order valence-corrected chi connectivity index (χ2v) is 4.56. The van der Waals surface area contributed by atoms with Crippen LogP contribution in [0.15, 0.2) is 41.8 Å². The maximum absolute atomic E-state index is 11.6. The number of carbonyl (C=O) groups is 2. The highest BCUT2D eigenvalue weighted by Gasteiger charge is 2.05. The number of rotatable bonds is 4. The van der Waals surface area contributed by atoms with E-state index in [1.807, 2.05) is 0 Å². The zero-order chi connectivity index (χ0) is 13.7. The van der Waals surface area contributed by atoms with Gasteiger partial charge >= 0.3 is 5.97 Å². The lowest BCUT2D eigenvalue weighted by Gasteiger charge is -1.97. The van der Waals surface area contributed by atoms with E-state index in [-0.39, 0.29) is 10.8 Å². The Morgan fingerprint density at radius 2 is 2.00 bits per heavy atom. The zero-order valence-corrected chi connectivity index (χ0v) is 10.4. The molecule has 7 heteroatoms. The lowest BCUT2D eigenvalue weighted by molar-refractivity contribution is 0.0702. The third kappa shape index (κ3) is 3.46. The van der Waals surface area contributed by atoms with Gasteiger partial charge in [0.05, 0.1) is 6.21 Å².